The third kappa shape index (κ3) is 2.33. The van der Waals surface area contributed by atoms with Crippen LogP contribution in [-0.4, -0.2) is 46.4 Å². The molecule has 2 unspecified atom stereocenters. The van der Waals surface area contributed by atoms with Gasteiger partial charge in [-0.25, -0.2) is 0 Å². The first-order valence-corrected chi connectivity index (χ1v) is 4.79. The van der Waals surface area contributed by atoms with Crippen LogP contribution in [0.5, 0.6) is 0 Å². The molecule has 1 heterocycles. The van der Waals surface area contributed by atoms with Crippen molar-refractivity contribution < 1.29 is 19.5 Å². The van der Waals surface area contributed by atoms with Gasteiger partial charge >= 0.3 is 5.97 Å². The third-order valence-electron chi connectivity index (χ3n) is 2.53. The summed E-state index contributed by atoms with van der Waals surface area (Å²) in [6, 6.07) is -1.36. The molecule has 84 valence electrons. The maximum absolute atomic E-state index is 11.4. The first-order chi connectivity index (χ1) is 6.97. The Bertz CT molecular complexity index is 302. The predicted octanol–water partition coefficient (Wildman–Crippen LogP) is -0.803. The summed E-state index contributed by atoms with van der Waals surface area (Å²) in [5, 5.41) is 11.0. The lowest BCUT2D eigenvalue weighted by atomic mass is 10.1. The van der Waals surface area contributed by atoms with Crippen molar-refractivity contribution in [2.45, 2.75) is 32.4 Å². The molecule has 0 saturated carbocycles. The SMILES string of the molecule is CCC1C(=O)NC(=O)CN1C(C)C(=O)O. The van der Waals surface area contributed by atoms with Gasteiger partial charge in [0.1, 0.15) is 6.04 Å². The zero-order chi connectivity index (χ0) is 11.6. The molecular weight excluding hydrogens is 200 g/mol. The van der Waals surface area contributed by atoms with Crippen molar-refractivity contribution in [2.75, 3.05) is 6.54 Å². The van der Waals surface area contributed by atoms with E-state index in [9.17, 15) is 14.4 Å². The molecule has 2 amide bonds. The van der Waals surface area contributed by atoms with Crippen molar-refractivity contribution in [1.82, 2.24) is 10.2 Å². The molecule has 0 aromatic carbocycles. The van der Waals surface area contributed by atoms with Gasteiger partial charge in [0.15, 0.2) is 0 Å². The molecule has 1 fully saturated rings. The second-order valence-corrected chi connectivity index (χ2v) is 3.52. The van der Waals surface area contributed by atoms with E-state index in [2.05, 4.69) is 5.32 Å². The number of imide groups is 1. The van der Waals surface area contributed by atoms with E-state index < -0.39 is 29.9 Å². The van der Waals surface area contributed by atoms with Crippen molar-refractivity contribution in [3.8, 4) is 0 Å². The molecule has 0 bridgehead atoms. The van der Waals surface area contributed by atoms with E-state index in [1.165, 1.54) is 11.8 Å². The number of rotatable bonds is 3. The number of nitrogens with one attached hydrogen (secondary N) is 1. The molecule has 15 heavy (non-hydrogen) atoms. The smallest absolute Gasteiger partial charge is 0.320 e. The lowest BCUT2D eigenvalue weighted by Gasteiger charge is -2.35. The lowest BCUT2D eigenvalue weighted by molar-refractivity contribution is -0.149. The fourth-order valence-electron chi connectivity index (χ4n) is 1.66. The van der Waals surface area contributed by atoms with Crippen LogP contribution in [0.25, 0.3) is 0 Å². The molecule has 0 radical (unpaired) electrons. The second-order valence-electron chi connectivity index (χ2n) is 3.52. The summed E-state index contributed by atoms with van der Waals surface area (Å²) in [6.07, 6.45) is 0.483. The molecule has 2 atom stereocenters. The molecular formula is C9H14N2O4. The maximum atomic E-state index is 11.4. The fourth-order valence-corrected chi connectivity index (χ4v) is 1.66. The van der Waals surface area contributed by atoms with Crippen LogP contribution >= 0.6 is 0 Å². The number of piperazine rings is 1. The number of hydrogen-bond donors (Lipinski definition) is 2. The summed E-state index contributed by atoms with van der Waals surface area (Å²) in [5.41, 5.74) is 0. The van der Waals surface area contributed by atoms with Gasteiger partial charge in [0.25, 0.3) is 0 Å². The highest BCUT2D eigenvalue weighted by atomic mass is 16.4. The Morgan fingerprint density at radius 1 is 1.67 bits per heavy atom. The van der Waals surface area contributed by atoms with Gasteiger partial charge in [0, 0.05) is 0 Å². The van der Waals surface area contributed by atoms with E-state index in [-0.39, 0.29) is 6.54 Å². The van der Waals surface area contributed by atoms with Gasteiger partial charge in [0.2, 0.25) is 11.8 Å². The summed E-state index contributed by atoms with van der Waals surface area (Å²) < 4.78 is 0. The highest BCUT2D eigenvalue weighted by molar-refractivity contribution is 6.01. The zero-order valence-corrected chi connectivity index (χ0v) is 8.69. The standard InChI is InChI=1S/C9H14N2O4/c1-3-6-8(13)10-7(12)4-11(6)5(2)9(14)15/h5-6H,3-4H2,1-2H3,(H,14,15)(H,10,12,13). The van der Waals surface area contributed by atoms with Crippen LogP contribution in [0.3, 0.4) is 0 Å². The summed E-state index contributed by atoms with van der Waals surface area (Å²) >= 11 is 0. The minimum Gasteiger partial charge on any atom is -0.480 e. The Kier molecular flexibility index (Phi) is 3.41. The van der Waals surface area contributed by atoms with Gasteiger partial charge < -0.3 is 5.11 Å². The average molecular weight is 214 g/mol. The summed E-state index contributed by atoms with van der Waals surface area (Å²) in [7, 11) is 0. The number of carboxylic acids is 1. The van der Waals surface area contributed by atoms with Crippen LogP contribution in [0.1, 0.15) is 20.3 Å². The molecule has 0 aromatic rings. The number of hydrogen-bond acceptors (Lipinski definition) is 4. The molecule has 1 aliphatic heterocycles. The molecule has 0 spiro atoms. The van der Waals surface area contributed by atoms with E-state index >= 15 is 0 Å². The van der Waals surface area contributed by atoms with Crippen LogP contribution in [0.2, 0.25) is 0 Å². The number of carbonyl (C=O) groups excluding carboxylic acids is 2. The number of carbonyl (C=O) groups is 3. The van der Waals surface area contributed by atoms with Crippen molar-refractivity contribution in [3.63, 3.8) is 0 Å². The second kappa shape index (κ2) is 4.39. The van der Waals surface area contributed by atoms with Gasteiger partial charge in [-0.1, -0.05) is 6.92 Å². The summed E-state index contributed by atoms with van der Waals surface area (Å²) in [6.45, 7) is 3.20. The van der Waals surface area contributed by atoms with E-state index in [1.807, 2.05) is 0 Å². The first kappa shape index (κ1) is 11.6. The van der Waals surface area contributed by atoms with Gasteiger partial charge in [-0.15, -0.1) is 0 Å². The normalized spacial score (nSPS) is 24.8. The van der Waals surface area contributed by atoms with Crippen LogP contribution < -0.4 is 5.32 Å². The quantitative estimate of drug-likeness (QED) is 0.600. The molecule has 2 N–H and O–H groups in total. The number of amides is 2. The highest BCUT2D eigenvalue weighted by Gasteiger charge is 2.37. The molecule has 1 aliphatic rings. The van der Waals surface area contributed by atoms with E-state index in [0.717, 1.165) is 0 Å². The van der Waals surface area contributed by atoms with Gasteiger partial charge in [-0.3, -0.25) is 24.6 Å². The largest absolute Gasteiger partial charge is 0.480 e. The minimum absolute atomic E-state index is 0.0439. The van der Waals surface area contributed by atoms with Crippen LogP contribution in [0, 0.1) is 0 Å². The van der Waals surface area contributed by atoms with Crippen LogP contribution in [0.15, 0.2) is 0 Å². The lowest BCUT2D eigenvalue weighted by Crippen LogP contribution is -2.61. The third-order valence-corrected chi connectivity index (χ3v) is 2.53. The maximum Gasteiger partial charge on any atom is 0.320 e. The Morgan fingerprint density at radius 3 is 2.73 bits per heavy atom. The average Bonchev–Trinajstić information content (AvgIpc) is 2.15. The Labute approximate surface area is 87.2 Å². The van der Waals surface area contributed by atoms with Crippen molar-refractivity contribution in [3.05, 3.63) is 0 Å². The fraction of sp³-hybridized carbons (Fsp3) is 0.667. The van der Waals surface area contributed by atoms with Crippen molar-refractivity contribution >= 4 is 17.8 Å². The van der Waals surface area contributed by atoms with Crippen molar-refractivity contribution in [2.24, 2.45) is 0 Å². The number of aliphatic carboxylic acids is 1. The number of carboxylic acid groups (broad SMARTS) is 1. The Balaban J connectivity index is 2.87. The molecule has 0 aliphatic carbocycles. The van der Waals surface area contributed by atoms with E-state index in [0.29, 0.717) is 6.42 Å². The summed E-state index contributed by atoms with van der Waals surface area (Å²) in [4.78, 5) is 34.7. The molecule has 6 heteroatoms. The van der Waals surface area contributed by atoms with Crippen molar-refractivity contribution in [1.29, 1.82) is 0 Å². The monoisotopic (exact) mass is 214 g/mol. The molecule has 6 nitrogen and oxygen atoms in total. The predicted molar refractivity (Wildman–Crippen MR) is 51.0 cm³/mol. The molecule has 1 saturated heterocycles. The molecule has 0 aromatic heterocycles. The zero-order valence-electron chi connectivity index (χ0n) is 8.69. The topological polar surface area (TPSA) is 86.7 Å². The van der Waals surface area contributed by atoms with Gasteiger partial charge in [-0.2, -0.15) is 0 Å². The molecule has 1 rings (SSSR count). The highest BCUT2D eigenvalue weighted by Crippen LogP contribution is 2.13. The summed E-state index contributed by atoms with van der Waals surface area (Å²) in [5.74, 6) is -1.89. The van der Waals surface area contributed by atoms with Crippen LogP contribution in [0.4, 0.5) is 0 Å². The Morgan fingerprint density at radius 2 is 2.27 bits per heavy atom. The first-order valence-electron chi connectivity index (χ1n) is 4.79. The van der Waals surface area contributed by atoms with Gasteiger partial charge in [-0.05, 0) is 13.3 Å². The van der Waals surface area contributed by atoms with E-state index in [1.54, 1.807) is 6.92 Å². The Hall–Kier alpha value is -1.43. The number of nitrogens with zero attached hydrogens (tertiary/aromatic N) is 1. The minimum atomic E-state index is -1.03. The van der Waals surface area contributed by atoms with Gasteiger partial charge in [0.05, 0.1) is 12.6 Å². The van der Waals surface area contributed by atoms with E-state index in [4.69, 9.17) is 5.11 Å². The van der Waals surface area contributed by atoms with Crippen LogP contribution in [-0.2, 0) is 14.4 Å².